The van der Waals surface area contributed by atoms with E-state index in [9.17, 15) is 9.90 Å². The molecule has 2 heterocycles. The minimum atomic E-state index is -1.03. The lowest BCUT2D eigenvalue weighted by Gasteiger charge is -2.11. The van der Waals surface area contributed by atoms with Crippen LogP contribution in [-0.4, -0.2) is 36.2 Å². The number of aromatic carboxylic acids is 1. The Bertz CT molecular complexity index is 1110. The molecule has 0 aliphatic carbocycles. The number of pyridine rings is 1. The van der Waals surface area contributed by atoms with Crippen molar-refractivity contribution in [2.45, 2.75) is 12.6 Å². The van der Waals surface area contributed by atoms with Crippen LogP contribution in [0.15, 0.2) is 67.0 Å². The Hall–Kier alpha value is -3.58. The highest BCUT2D eigenvalue weighted by Crippen LogP contribution is 2.22. The number of carboxylic acid groups (broad SMARTS) is 1. The summed E-state index contributed by atoms with van der Waals surface area (Å²) >= 11 is 0. The lowest BCUT2D eigenvalue weighted by atomic mass is 10.0. The number of benzene rings is 2. The number of aromatic nitrogens is 4. The number of aliphatic hydroxyl groups excluding tert-OH is 1. The van der Waals surface area contributed by atoms with Gasteiger partial charge in [-0.2, -0.15) is 0 Å². The summed E-state index contributed by atoms with van der Waals surface area (Å²) in [5.74, 6) is -1.03. The van der Waals surface area contributed by atoms with Gasteiger partial charge in [0.05, 0.1) is 30.1 Å². The molecule has 0 fully saturated rings. The molecular weight excluding hydrogens is 344 g/mol. The van der Waals surface area contributed by atoms with Crippen LogP contribution in [0.2, 0.25) is 0 Å². The van der Waals surface area contributed by atoms with E-state index in [4.69, 9.17) is 5.11 Å². The zero-order valence-electron chi connectivity index (χ0n) is 14.2. The number of nitrogens with zero attached hydrogens (tertiary/aromatic N) is 4. The highest BCUT2D eigenvalue weighted by molar-refractivity contribution is 5.87. The van der Waals surface area contributed by atoms with E-state index in [0.29, 0.717) is 11.4 Å². The van der Waals surface area contributed by atoms with E-state index in [1.54, 1.807) is 16.9 Å². The van der Waals surface area contributed by atoms with Crippen molar-refractivity contribution in [3.8, 4) is 11.4 Å². The topological polar surface area (TPSA) is 101 Å². The first kappa shape index (κ1) is 16.9. The molecule has 0 amide bonds. The number of carboxylic acids is 1. The summed E-state index contributed by atoms with van der Waals surface area (Å²) < 4.78 is 1.54. The third kappa shape index (κ3) is 3.54. The Morgan fingerprint density at radius 2 is 1.85 bits per heavy atom. The predicted octanol–water partition coefficient (Wildman–Crippen LogP) is 2.93. The first-order valence-corrected chi connectivity index (χ1v) is 8.37. The van der Waals surface area contributed by atoms with E-state index in [0.717, 1.165) is 16.3 Å². The van der Waals surface area contributed by atoms with Crippen LogP contribution in [-0.2, 0) is 6.54 Å². The molecule has 1 atom stereocenters. The second-order valence-corrected chi connectivity index (χ2v) is 6.19. The molecular formula is C20H16N4O3. The summed E-state index contributed by atoms with van der Waals surface area (Å²) in [5.41, 5.74) is 1.94. The molecule has 7 nitrogen and oxygen atoms in total. The van der Waals surface area contributed by atoms with E-state index >= 15 is 0 Å². The van der Waals surface area contributed by atoms with Crippen LogP contribution in [0.5, 0.6) is 0 Å². The summed E-state index contributed by atoms with van der Waals surface area (Å²) in [6.45, 7) is 0.249. The van der Waals surface area contributed by atoms with Crippen molar-refractivity contribution in [2.75, 3.05) is 0 Å². The van der Waals surface area contributed by atoms with E-state index in [-0.39, 0.29) is 12.1 Å². The molecule has 0 saturated carbocycles. The molecule has 1 unspecified atom stereocenters. The van der Waals surface area contributed by atoms with Crippen LogP contribution in [0.4, 0.5) is 0 Å². The number of hydrogen-bond acceptors (Lipinski definition) is 5. The van der Waals surface area contributed by atoms with Crippen molar-refractivity contribution in [2.24, 2.45) is 0 Å². The fraction of sp³-hybridized carbons (Fsp3) is 0.100. The molecule has 0 saturated heterocycles. The predicted molar refractivity (Wildman–Crippen MR) is 99.1 cm³/mol. The van der Waals surface area contributed by atoms with E-state index < -0.39 is 12.1 Å². The van der Waals surface area contributed by atoms with Crippen molar-refractivity contribution in [3.05, 3.63) is 78.1 Å². The van der Waals surface area contributed by atoms with Gasteiger partial charge < -0.3 is 10.2 Å². The number of carbonyl (C=O) groups is 1. The number of aliphatic hydroxyl groups is 1. The normalized spacial score (nSPS) is 12.2. The van der Waals surface area contributed by atoms with Gasteiger partial charge >= 0.3 is 5.97 Å². The Morgan fingerprint density at radius 1 is 1.04 bits per heavy atom. The van der Waals surface area contributed by atoms with Gasteiger partial charge in [-0.05, 0) is 34.5 Å². The van der Waals surface area contributed by atoms with Crippen LogP contribution in [0.25, 0.3) is 22.2 Å². The molecule has 27 heavy (non-hydrogen) atoms. The fourth-order valence-electron chi connectivity index (χ4n) is 2.87. The SMILES string of the molecule is O=C(O)c1ccc(-c2cn(CC(O)c3ccc4ccccc4c3)nn2)nc1. The quantitative estimate of drug-likeness (QED) is 0.567. The smallest absolute Gasteiger partial charge is 0.337 e. The van der Waals surface area contributed by atoms with Gasteiger partial charge in [0.2, 0.25) is 0 Å². The summed E-state index contributed by atoms with van der Waals surface area (Å²) in [4.78, 5) is 15.0. The fourth-order valence-corrected chi connectivity index (χ4v) is 2.87. The average molecular weight is 360 g/mol. The van der Waals surface area contributed by atoms with Gasteiger partial charge in [-0.1, -0.05) is 41.6 Å². The van der Waals surface area contributed by atoms with Gasteiger partial charge in [0.1, 0.15) is 5.69 Å². The Labute approximate surface area is 154 Å². The average Bonchev–Trinajstić information content (AvgIpc) is 3.16. The lowest BCUT2D eigenvalue weighted by Crippen LogP contribution is -2.09. The second kappa shape index (κ2) is 6.97. The molecule has 2 aromatic heterocycles. The monoisotopic (exact) mass is 360 g/mol. The highest BCUT2D eigenvalue weighted by Gasteiger charge is 2.12. The van der Waals surface area contributed by atoms with Crippen LogP contribution in [0.3, 0.4) is 0 Å². The minimum absolute atomic E-state index is 0.109. The molecule has 7 heteroatoms. The van der Waals surface area contributed by atoms with Gasteiger partial charge in [0.15, 0.2) is 0 Å². The summed E-state index contributed by atoms with van der Waals surface area (Å²) in [5, 5.41) is 29.7. The van der Waals surface area contributed by atoms with Crippen LogP contribution in [0.1, 0.15) is 22.0 Å². The van der Waals surface area contributed by atoms with E-state index in [1.165, 1.54) is 12.3 Å². The Kier molecular flexibility index (Phi) is 4.35. The first-order chi connectivity index (χ1) is 13.1. The van der Waals surface area contributed by atoms with Crippen molar-refractivity contribution >= 4 is 16.7 Å². The van der Waals surface area contributed by atoms with Gasteiger partial charge in [0.25, 0.3) is 0 Å². The standard InChI is InChI=1S/C20H16N4O3/c25-19(15-6-5-13-3-1-2-4-14(13)9-15)12-24-11-18(22-23-24)17-8-7-16(10-21-17)20(26)27/h1-11,19,25H,12H2,(H,26,27). The molecule has 0 aliphatic rings. The molecule has 4 aromatic rings. The largest absolute Gasteiger partial charge is 0.478 e. The van der Waals surface area contributed by atoms with E-state index in [1.807, 2.05) is 42.5 Å². The number of hydrogen-bond donors (Lipinski definition) is 2. The van der Waals surface area contributed by atoms with Gasteiger partial charge in [-0.25, -0.2) is 9.48 Å². The lowest BCUT2D eigenvalue weighted by molar-refractivity contribution is 0.0696. The van der Waals surface area contributed by atoms with Crippen molar-refractivity contribution < 1.29 is 15.0 Å². The van der Waals surface area contributed by atoms with Crippen molar-refractivity contribution in [1.29, 1.82) is 0 Å². The number of fused-ring (bicyclic) bond motifs is 1. The molecule has 2 aromatic carbocycles. The molecule has 0 radical (unpaired) electrons. The Morgan fingerprint density at radius 3 is 2.59 bits per heavy atom. The summed E-state index contributed by atoms with van der Waals surface area (Å²) in [6, 6.07) is 16.9. The van der Waals surface area contributed by atoms with E-state index in [2.05, 4.69) is 15.3 Å². The molecule has 0 spiro atoms. The second-order valence-electron chi connectivity index (χ2n) is 6.19. The van der Waals surface area contributed by atoms with Gasteiger partial charge in [-0.3, -0.25) is 4.98 Å². The molecule has 0 aliphatic heterocycles. The molecule has 134 valence electrons. The zero-order valence-corrected chi connectivity index (χ0v) is 14.2. The van der Waals surface area contributed by atoms with Crippen molar-refractivity contribution in [1.82, 2.24) is 20.0 Å². The third-order valence-electron chi connectivity index (χ3n) is 4.33. The van der Waals surface area contributed by atoms with Gasteiger partial charge in [-0.15, -0.1) is 5.10 Å². The summed E-state index contributed by atoms with van der Waals surface area (Å²) in [7, 11) is 0. The molecule has 2 N–H and O–H groups in total. The van der Waals surface area contributed by atoms with Crippen LogP contribution in [0, 0.1) is 0 Å². The van der Waals surface area contributed by atoms with Gasteiger partial charge in [0, 0.05) is 6.20 Å². The Balaban J connectivity index is 1.51. The minimum Gasteiger partial charge on any atom is -0.478 e. The van der Waals surface area contributed by atoms with Crippen molar-refractivity contribution in [3.63, 3.8) is 0 Å². The summed E-state index contributed by atoms with van der Waals surface area (Å²) in [6.07, 6.45) is 2.22. The first-order valence-electron chi connectivity index (χ1n) is 8.37. The molecule has 0 bridgehead atoms. The van der Waals surface area contributed by atoms with Crippen LogP contribution < -0.4 is 0 Å². The third-order valence-corrected chi connectivity index (χ3v) is 4.33. The van der Waals surface area contributed by atoms with Crippen LogP contribution >= 0.6 is 0 Å². The molecule has 4 rings (SSSR count). The maximum absolute atomic E-state index is 10.9. The highest BCUT2D eigenvalue weighted by atomic mass is 16.4. The zero-order chi connectivity index (χ0) is 18.8. The maximum Gasteiger partial charge on any atom is 0.337 e. The number of rotatable bonds is 5. The maximum atomic E-state index is 10.9.